The van der Waals surface area contributed by atoms with E-state index in [1.807, 2.05) is 0 Å². The van der Waals surface area contributed by atoms with Crippen molar-refractivity contribution in [3.05, 3.63) is 62.5 Å². The molecule has 4 aliphatic rings. The van der Waals surface area contributed by atoms with E-state index in [-0.39, 0.29) is 34.6 Å². The Kier molecular flexibility index (Phi) is 5.10. The first-order valence-corrected chi connectivity index (χ1v) is 11.1. The van der Waals surface area contributed by atoms with E-state index in [1.165, 1.54) is 36.7 Å². The minimum absolute atomic E-state index is 0.0275. The van der Waals surface area contributed by atoms with Gasteiger partial charge in [-0.1, -0.05) is 5.16 Å². The van der Waals surface area contributed by atoms with Crippen LogP contribution in [0.5, 0.6) is 0 Å². The molecular formula is C22H24N6O6. The molecule has 34 heavy (non-hydrogen) atoms. The Bertz CT molecular complexity index is 1170. The number of carbonyl (C=O) groups is 1. The van der Waals surface area contributed by atoms with Gasteiger partial charge in [-0.25, -0.2) is 4.79 Å². The summed E-state index contributed by atoms with van der Waals surface area (Å²) in [6.45, 7) is 0. The molecule has 0 spiro atoms. The molecular weight excluding hydrogens is 444 g/mol. The van der Waals surface area contributed by atoms with Gasteiger partial charge in [-0.2, -0.15) is 5.10 Å². The van der Waals surface area contributed by atoms with Gasteiger partial charge in [-0.3, -0.25) is 24.9 Å². The third-order valence-corrected chi connectivity index (χ3v) is 7.56. The topological polar surface area (TPSA) is 169 Å². The summed E-state index contributed by atoms with van der Waals surface area (Å²) in [4.78, 5) is 38.9. The maximum absolute atomic E-state index is 12.8. The van der Waals surface area contributed by atoms with Crippen LogP contribution in [0, 0.1) is 37.5 Å². The predicted molar refractivity (Wildman–Crippen MR) is 119 cm³/mol. The Balaban J connectivity index is 1.30. The van der Waals surface area contributed by atoms with Crippen molar-refractivity contribution < 1.29 is 19.5 Å². The number of hydrogen-bond donors (Lipinski definition) is 1. The van der Waals surface area contributed by atoms with Crippen LogP contribution < -0.4 is 5.73 Å². The fourth-order valence-electron chi connectivity index (χ4n) is 6.79. The Morgan fingerprint density at radius 1 is 1.12 bits per heavy atom. The Morgan fingerprint density at radius 2 is 1.76 bits per heavy atom. The van der Waals surface area contributed by atoms with Crippen LogP contribution in [-0.2, 0) is 15.2 Å². The Morgan fingerprint density at radius 3 is 2.35 bits per heavy atom. The molecule has 12 nitrogen and oxygen atoms in total. The van der Waals surface area contributed by atoms with Crippen LogP contribution in [0.2, 0.25) is 0 Å². The molecule has 4 aliphatic carbocycles. The van der Waals surface area contributed by atoms with Gasteiger partial charge in [0.15, 0.2) is 5.84 Å². The van der Waals surface area contributed by atoms with E-state index >= 15 is 0 Å². The molecule has 4 bridgehead atoms. The summed E-state index contributed by atoms with van der Waals surface area (Å²) in [6, 6.07) is 5.48. The van der Waals surface area contributed by atoms with Gasteiger partial charge < -0.3 is 10.6 Å². The van der Waals surface area contributed by atoms with Crippen molar-refractivity contribution in [2.45, 2.75) is 50.5 Å². The zero-order valence-corrected chi connectivity index (χ0v) is 18.3. The number of oxime groups is 1. The first kappa shape index (κ1) is 22.0. The van der Waals surface area contributed by atoms with Crippen LogP contribution in [0.4, 0.5) is 11.4 Å². The lowest BCUT2D eigenvalue weighted by molar-refractivity contribution is -0.385. The van der Waals surface area contributed by atoms with Crippen LogP contribution in [0.15, 0.2) is 41.8 Å². The van der Waals surface area contributed by atoms with Gasteiger partial charge in [-0.15, -0.1) is 0 Å². The fraction of sp³-hybridized carbons (Fsp3) is 0.500. The van der Waals surface area contributed by atoms with Gasteiger partial charge in [0.1, 0.15) is 12.4 Å². The highest BCUT2D eigenvalue weighted by Gasteiger charge is 2.59. The minimum atomic E-state index is -0.517. The molecule has 4 fully saturated rings. The van der Waals surface area contributed by atoms with Crippen molar-refractivity contribution in [2.24, 2.45) is 28.1 Å². The van der Waals surface area contributed by atoms with Gasteiger partial charge in [0.2, 0.25) is 0 Å². The third-order valence-electron chi connectivity index (χ3n) is 7.56. The lowest BCUT2D eigenvalue weighted by Gasteiger charge is -2.61. The lowest BCUT2D eigenvalue weighted by Crippen LogP contribution is -2.57. The summed E-state index contributed by atoms with van der Waals surface area (Å²) >= 11 is 0. The molecule has 2 unspecified atom stereocenters. The molecule has 1 aromatic carbocycles. The highest BCUT2D eigenvalue weighted by Crippen LogP contribution is 2.65. The maximum Gasteiger partial charge on any atom is 0.335 e. The predicted octanol–water partition coefficient (Wildman–Crippen LogP) is 3.25. The summed E-state index contributed by atoms with van der Waals surface area (Å²) in [7, 11) is 0. The van der Waals surface area contributed by atoms with Crippen LogP contribution >= 0.6 is 0 Å². The number of benzene rings is 1. The number of nitrogens with two attached hydrogens (primary N) is 1. The van der Waals surface area contributed by atoms with Gasteiger partial charge >= 0.3 is 11.7 Å². The Hall–Kier alpha value is -3.83. The Labute approximate surface area is 194 Å². The molecule has 1 aromatic heterocycles. The van der Waals surface area contributed by atoms with E-state index in [9.17, 15) is 25.0 Å². The lowest BCUT2D eigenvalue weighted by atomic mass is 9.46. The first-order valence-electron chi connectivity index (χ1n) is 11.1. The summed E-state index contributed by atoms with van der Waals surface area (Å²) < 4.78 is 1.76. The van der Waals surface area contributed by atoms with Crippen molar-refractivity contribution in [1.29, 1.82) is 0 Å². The second-order valence-corrected chi connectivity index (χ2v) is 10.0. The highest BCUT2D eigenvalue weighted by molar-refractivity contribution is 5.97. The molecule has 0 radical (unpaired) electrons. The molecule has 2 atom stereocenters. The molecule has 6 rings (SSSR count). The van der Waals surface area contributed by atoms with E-state index < -0.39 is 15.8 Å². The first-order chi connectivity index (χ1) is 16.2. The van der Waals surface area contributed by atoms with Crippen LogP contribution in [0.3, 0.4) is 0 Å². The van der Waals surface area contributed by atoms with Crippen molar-refractivity contribution in [1.82, 2.24) is 9.78 Å². The normalized spacial score (nSPS) is 29.7. The van der Waals surface area contributed by atoms with E-state index in [1.54, 1.807) is 4.68 Å². The van der Waals surface area contributed by atoms with Crippen molar-refractivity contribution in [2.75, 3.05) is 0 Å². The standard InChI is InChI=1S/C22H24N6O6/c23-20(16-1-3-17(4-2-16)27(30)31)25-34-19(29)10-21-6-14-5-15(7-21)9-22(8-14,13-21)26-12-18(11-24-26)28(32)33/h1-4,11-12,14-15H,5-10,13H2,(H2,23,25). The minimum Gasteiger partial charge on any atom is -0.380 e. The van der Waals surface area contributed by atoms with E-state index in [0.29, 0.717) is 23.8 Å². The number of non-ortho nitro benzene ring substituents is 1. The van der Waals surface area contributed by atoms with Gasteiger partial charge in [0, 0.05) is 17.7 Å². The summed E-state index contributed by atoms with van der Waals surface area (Å²) in [6.07, 6.45) is 8.42. The van der Waals surface area contributed by atoms with E-state index in [0.717, 1.165) is 32.1 Å². The van der Waals surface area contributed by atoms with Crippen molar-refractivity contribution in [3.8, 4) is 0 Å². The van der Waals surface area contributed by atoms with Crippen LogP contribution in [0.1, 0.15) is 50.5 Å². The summed E-state index contributed by atoms with van der Waals surface area (Å²) in [5, 5.41) is 30.0. The van der Waals surface area contributed by atoms with Crippen molar-refractivity contribution in [3.63, 3.8) is 0 Å². The number of rotatable bonds is 7. The number of nitrogens with zero attached hydrogens (tertiary/aromatic N) is 5. The molecule has 0 saturated heterocycles. The number of nitro groups is 2. The molecule has 12 heteroatoms. The maximum atomic E-state index is 12.8. The molecule has 178 valence electrons. The molecule has 0 amide bonds. The average Bonchev–Trinajstić information content (AvgIpc) is 3.28. The van der Waals surface area contributed by atoms with Crippen LogP contribution in [-0.4, -0.2) is 31.4 Å². The second kappa shape index (κ2) is 7.89. The molecule has 4 saturated carbocycles. The van der Waals surface area contributed by atoms with E-state index in [2.05, 4.69) is 10.3 Å². The number of amidine groups is 1. The SMILES string of the molecule is N/C(=N\OC(=O)CC12CC3CC(C1)CC(n1cc([N+](=O)[O-])cn1)(C3)C2)c1ccc([N+](=O)[O-])cc1. The quantitative estimate of drug-likeness (QED) is 0.212. The summed E-state index contributed by atoms with van der Waals surface area (Å²) in [5.74, 6) is 0.333. The number of aromatic nitrogens is 2. The summed E-state index contributed by atoms with van der Waals surface area (Å²) in [5.41, 5.74) is 5.61. The monoisotopic (exact) mass is 468 g/mol. The third kappa shape index (κ3) is 3.88. The average molecular weight is 468 g/mol. The highest BCUT2D eigenvalue weighted by atomic mass is 16.7. The van der Waals surface area contributed by atoms with Crippen molar-refractivity contribution >= 4 is 23.2 Å². The number of nitro benzene ring substituents is 1. The fourth-order valence-corrected chi connectivity index (χ4v) is 6.79. The largest absolute Gasteiger partial charge is 0.380 e. The zero-order chi connectivity index (χ0) is 24.1. The van der Waals surface area contributed by atoms with Gasteiger partial charge in [-0.05, 0) is 67.9 Å². The second-order valence-electron chi connectivity index (χ2n) is 10.0. The number of hydrogen-bond acceptors (Lipinski definition) is 8. The molecule has 2 aromatic rings. The number of carbonyl (C=O) groups excluding carboxylic acids is 1. The zero-order valence-electron chi connectivity index (χ0n) is 18.3. The molecule has 2 N–H and O–H groups in total. The van der Waals surface area contributed by atoms with Gasteiger partial charge in [0.25, 0.3) is 5.69 Å². The smallest absolute Gasteiger partial charge is 0.335 e. The van der Waals surface area contributed by atoms with Crippen LogP contribution in [0.25, 0.3) is 0 Å². The van der Waals surface area contributed by atoms with E-state index in [4.69, 9.17) is 10.6 Å². The molecule has 1 heterocycles. The van der Waals surface area contributed by atoms with Gasteiger partial charge in [0.05, 0.1) is 21.8 Å². The molecule has 0 aliphatic heterocycles.